The molecule has 0 bridgehead atoms. The number of fused-ring (bicyclic) bond motifs is 2. The summed E-state index contributed by atoms with van der Waals surface area (Å²) >= 11 is 0. The van der Waals surface area contributed by atoms with Crippen LogP contribution >= 0.6 is 0 Å². The van der Waals surface area contributed by atoms with Gasteiger partial charge in [-0.15, -0.1) is 0 Å². The van der Waals surface area contributed by atoms with E-state index in [1.54, 1.807) is 21.7 Å². The molecule has 4 aliphatic heterocycles. The van der Waals surface area contributed by atoms with Crippen LogP contribution in [0.1, 0.15) is 33.6 Å². The number of likely N-dealkylation sites (tertiary alicyclic amines) is 1. The summed E-state index contributed by atoms with van der Waals surface area (Å²) in [5, 5.41) is 9.22. The maximum Gasteiger partial charge on any atom is 0.249 e. The molecule has 8 heteroatoms. The number of hydrogen-bond donors (Lipinski definition) is 1. The van der Waals surface area contributed by atoms with Crippen molar-refractivity contribution in [3.63, 3.8) is 0 Å². The highest BCUT2D eigenvalue weighted by Crippen LogP contribution is 2.53. The Morgan fingerprint density at radius 3 is 2.52 bits per heavy atom. The van der Waals surface area contributed by atoms with Crippen LogP contribution in [0.4, 0.5) is 0 Å². The zero-order chi connectivity index (χ0) is 22.6. The summed E-state index contributed by atoms with van der Waals surface area (Å²) in [5.74, 6) is -1.88. The van der Waals surface area contributed by atoms with Crippen molar-refractivity contribution in [2.45, 2.75) is 56.9 Å². The van der Waals surface area contributed by atoms with Gasteiger partial charge in [-0.3, -0.25) is 14.4 Å². The topological polar surface area (TPSA) is 90.4 Å². The Bertz CT molecular complexity index is 832. The van der Waals surface area contributed by atoms with Gasteiger partial charge < -0.3 is 24.5 Å². The molecule has 0 aromatic carbocycles. The van der Waals surface area contributed by atoms with E-state index in [0.29, 0.717) is 32.5 Å². The molecule has 4 aliphatic rings. The molecule has 2 saturated heterocycles. The number of amides is 3. The Kier molecular flexibility index (Phi) is 5.50. The molecule has 170 valence electrons. The van der Waals surface area contributed by atoms with E-state index in [0.717, 1.165) is 0 Å². The summed E-state index contributed by atoms with van der Waals surface area (Å²) in [6, 6.07) is -0.819. The van der Waals surface area contributed by atoms with Crippen LogP contribution in [-0.4, -0.2) is 94.1 Å². The van der Waals surface area contributed by atoms with Crippen LogP contribution < -0.4 is 0 Å². The summed E-state index contributed by atoms with van der Waals surface area (Å²) < 4.78 is 6.52. The first-order valence-corrected chi connectivity index (χ1v) is 11.1. The predicted octanol–water partition coefficient (Wildman–Crippen LogP) is 0.565. The summed E-state index contributed by atoms with van der Waals surface area (Å²) in [6.07, 6.45) is 8.11. The number of nitrogens with zero attached hydrogens (tertiary/aromatic N) is 3. The van der Waals surface area contributed by atoms with Crippen molar-refractivity contribution in [1.29, 1.82) is 0 Å². The van der Waals surface area contributed by atoms with Crippen molar-refractivity contribution in [3.05, 3.63) is 24.3 Å². The molecule has 0 aromatic heterocycles. The van der Waals surface area contributed by atoms with Crippen LogP contribution in [0.2, 0.25) is 0 Å². The fourth-order valence-electron chi connectivity index (χ4n) is 5.50. The van der Waals surface area contributed by atoms with Crippen molar-refractivity contribution >= 4 is 17.7 Å². The second-order valence-electron chi connectivity index (χ2n) is 9.97. The largest absolute Gasteiger partial charge is 0.396 e. The van der Waals surface area contributed by atoms with Crippen molar-refractivity contribution in [3.8, 4) is 0 Å². The van der Waals surface area contributed by atoms with Crippen LogP contribution in [0.5, 0.6) is 0 Å². The maximum absolute atomic E-state index is 13.9. The van der Waals surface area contributed by atoms with Crippen LogP contribution in [0, 0.1) is 11.8 Å². The van der Waals surface area contributed by atoms with Gasteiger partial charge in [0, 0.05) is 38.8 Å². The molecule has 0 aromatic rings. The van der Waals surface area contributed by atoms with Crippen LogP contribution in [0.3, 0.4) is 0 Å². The molecule has 31 heavy (non-hydrogen) atoms. The second kappa shape index (κ2) is 7.74. The quantitative estimate of drug-likeness (QED) is 0.519. The number of unbranched alkanes of at least 4 members (excludes halogenated alkanes) is 1. The fourth-order valence-corrected chi connectivity index (χ4v) is 5.50. The van der Waals surface area contributed by atoms with Gasteiger partial charge in [-0.05, 0) is 33.6 Å². The smallest absolute Gasteiger partial charge is 0.249 e. The van der Waals surface area contributed by atoms with Gasteiger partial charge in [0.2, 0.25) is 17.7 Å². The monoisotopic (exact) mass is 431 g/mol. The molecule has 2 fully saturated rings. The maximum atomic E-state index is 13.9. The third-order valence-corrected chi connectivity index (χ3v) is 6.98. The number of carbonyl (C=O) groups is 3. The normalized spacial score (nSPS) is 35.3. The van der Waals surface area contributed by atoms with Gasteiger partial charge in [-0.2, -0.15) is 0 Å². The number of hydrogen-bond acceptors (Lipinski definition) is 5. The molecule has 1 unspecified atom stereocenters. The van der Waals surface area contributed by atoms with Crippen molar-refractivity contribution in [2.24, 2.45) is 11.8 Å². The zero-order valence-corrected chi connectivity index (χ0v) is 18.8. The predicted molar refractivity (Wildman–Crippen MR) is 114 cm³/mol. The molecular formula is C23H33N3O5. The SMILES string of the molecule is CN1CC=C[C@H]2O[C@]34C=CCN(C(C)(C)C)C(=O)C3N(CCCCO)C(=O)[C@@H]4[C@H]2C1=O. The van der Waals surface area contributed by atoms with E-state index in [4.69, 9.17) is 4.74 Å². The minimum atomic E-state index is -1.17. The van der Waals surface area contributed by atoms with E-state index in [1.165, 1.54) is 0 Å². The molecule has 1 spiro atoms. The Morgan fingerprint density at radius 1 is 1.10 bits per heavy atom. The lowest BCUT2D eigenvalue weighted by Crippen LogP contribution is -2.58. The average Bonchev–Trinajstić information content (AvgIpc) is 3.00. The highest BCUT2D eigenvalue weighted by Gasteiger charge is 2.71. The van der Waals surface area contributed by atoms with E-state index in [9.17, 15) is 19.5 Å². The number of carbonyl (C=O) groups excluding carboxylic acids is 3. The van der Waals surface area contributed by atoms with Crippen molar-refractivity contribution < 1.29 is 24.2 Å². The summed E-state index contributed by atoms with van der Waals surface area (Å²) in [4.78, 5) is 45.9. The second-order valence-corrected chi connectivity index (χ2v) is 9.97. The van der Waals surface area contributed by atoms with Gasteiger partial charge in [0.05, 0.1) is 17.9 Å². The molecule has 0 aliphatic carbocycles. The van der Waals surface area contributed by atoms with Crippen molar-refractivity contribution in [1.82, 2.24) is 14.7 Å². The van der Waals surface area contributed by atoms with Gasteiger partial charge in [-0.25, -0.2) is 0 Å². The molecule has 5 atom stereocenters. The highest BCUT2D eigenvalue weighted by atomic mass is 16.5. The number of rotatable bonds is 4. The van der Waals surface area contributed by atoms with E-state index >= 15 is 0 Å². The standard InChI is InChI=1S/C23H33N3O5/c1-22(2,3)26-13-8-10-23-17(16-15(31-23)9-7-11-24(4)19(16)28)20(29)25(12-5-6-14-27)18(23)21(26)30/h7-10,15-18,27H,5-6,11-14H2,1-4H3/t15-,16+,17+,18?,23+/m1/s1. The van der Waals surface area contributed by atoms with Gasteiger partial charge >= 0.3 is 0 Å². The minimum absolute atomic E-state index is 0.0263. The van der Waals surface area contributed by atoms with Crippen molar-refractivity contribution in [2.75, 3.05) is 33.3 Å². The Labute approximate surface area is 183 Å². The number of aliphatic hydroxyl groups excluding tert-OH is 1. The van der Waals surface area contributed by atoms with Gasteiger partial charge in [0.15, 0.2) is 0 Å². The van der Waals surface area contributed by atoms with E-state index < -0.39 is 35.1 Å². The fraction of sp³-hybridized carbons (Fsp3) is 0.696. The van der Waals surface area contributed by atoms with Gasteiger partial charge in [0.25, 0.3) is 0 Å². The third kappa shape index (κ3) is 3.31. The Morgan fingerprint density at radius 2 is 1.84 bits per heavy atom. The first-order valence-electron chi connectivity index (χ1n) is 11.1. The molecular weight excluding hydrogens is 398 g/mol. The number of likely N-dealkylation sites (N-methyl/N-ethyl adjacent to an activating group) is 1. The first-order chi connectivity index (χ1) is 14.6. The minimum Gasteiger partial charge on any atom is -0.396 e. The van der Waals surface area contributed by atoms with Gasteiger partial charge in [0.1, 0.15) is 11.6 Å². The Balaban J connectivity index is 1.81. The molecule has 0 saturated carbocycles. The first kappa shape index (κ1) is 22.0. The lowest BCUT2D eigenvalue weighted by molar-refractivity contribution is -0.151. The van der Waals surface area contributed by atoms with E-state index in [-0.39, 0.29) is 24.3 Å². The lowest BCUT2D eigenvalue weighted by atomic mass is 9.77. The Hall–Kier alpha value is -2.19. The van der Waals surface area contributed by atoms with Crippen LogP contribution in [0.25, 0.3) is 0 Å². The molecule has 1 N–H and O–H groups in total. The van der Waals surface area contributed by atoms with E-state index in [2.05, 4.69) is 0 Å². The summed E-state index contributed by atoms with van der Waals surface area (Å²) in [5.41, 5.74) is -1.59. The lowest BCUT2D eigenvalue weighted by Gasteiger charge is -2.40. The van der Waals surface area contributed by atoms with E-state index in [1.807, 2.05) is 45.1 Å². The molecule has 4 heterocycles. The summed E-state index contributed by atoms with van der Waals surface area (Å²) in [6.45, 7) is 7.19. The number of ether oxygens (including phenoxy) is 1. The molecule has 0 radical (unpaired) electrons. The van der Waals surface area contributed by atoms with Crippen LogP contribution in [-0.2, 0) is 19.1 Å². The van der Waals surface area contributed by atoms with Crippen LogP contribution in [0.15, 0.2) is 24.3 Å². The molecule has 8 nitrogen and oxygen atoms in total. The molecule has 4 rings (SSSR count). The van der Waals surface area contributed by atoms with Gasteiger partial charge in [-0.1, -0.05) is 24.3 Å². The summed E-state index contributed by atoms with van der Waals surface area (Å²) in [7, 11) is 1.73. The zero-order valence-electron chi connectivity index (χ0n) is 18.8. The highest BCUT2D eigenvalue weighted by molar-refractivity contribution is 5.99. The third-order valence-electron chi connectivity index (χ3n) is 6.98. The molecule has 3 amide bonds. The average molecular weight is 432 g/mol. The number of aliphatic hydroxyl groups is 1.